The van der Waals surface area contributed by atoms with Crippen LogP contribution in [0.4, 0.5) is 29.3 Å². The molecule has 0 bridgehead atoms. The van der Waals surface area contributed by atoms with Crippen molar-refractivity contribution < 1.29 is 37.3 Å². The van der Waals surface area contributed by atoms with Crippen LogP contribution >= 0.6 is 0 Å². The van der Waals surface area contributed by atoms with Gasteiger partial charge in [0.1, 0.15) is 0 Å². The molecule has 120 valence electrons. The largest absolute Gasteiger partial charge is 0.577 e. The number of nitro benzene ring substituents is 2. The molecule has 0 N–H and O–H groups in total. The zero-order valence-electron chi connectivity index (χ0n) is 10.7. The Morgan fingerprint density at radius 3 is 2.09 bits per heavy atom. The zero-order valence-corrected chi connectivity index (χ0v) is 10.7. The minimum atomic E-state index is -5.36. The van der Waals surface area contributed by atoms with Crippen LogP contribution in [0.15, 0.2) is 12.1 Å². The normalized spacial score (nSPS) is 10.9. The quantitative estimate of drug-likeness (QED) is 0.361. The van der Waals surface area contributed by atoms with E-state index in [1.165, 1.54) is 6.92 Å². The Hall–Kier alpha value is -2.92. The highest BCUT2D eigenvalue weighted by atomic mass is 19.4. The molecule has 0 atom stereocenters. The molecule has 0 fully saturated rings. The van der Waals surface area contributed by atoms with Crippen molar-refractivity contribution in [3.05, 3.63) is 37.9 Å². The van der Waals surface area contributed by atoms with Crippen LogP contribution in [-0.4, -0.2) is 22.4 Å². The Balaban J connectivity index is 3.35. The summed E-state index contributed by atoms with van der Waals surface area (Å²) in [7, 11) is 0. The van der Waals surface area contributed by atoms with Gasteiger partial charge in [-0.3, -0.25) is 20.2 Å². The van der Waals surface area contributed by atoms with E-state index in [2.05, 4.69) is 9.47 Å². The van der Waals surface area contributed by atoms with Crippen molar-refractivity contribution in [2.45, 2.75) is 19.7 Å². The molecule has 9 nitrogen and oxygen atoms in total. The fourth-order valence-electron chi connectivity index (χ4n) is 1.57. The number of carbonyl (C=O) groups excluding carboxylic acids is 1. The minimum absolute atomic E-state index is 0.202. The van der Waals surface area contributed by atoms with Crippen molar-refractivity contribution in [1.82, 2.24) is 0 Å². The van der Waals surface area contributed by atoms with Crippen LogP contribution < -0.4 is 4.74 Å². The van der Waals surface area contributed by atoms with Crippen LogP contribution in [0.2, 0.25) is 0 Å². The first kappa shape index (κ1) is 17.1. The number of hydrogen-bond donors (Lipinski definition) is 0. The van der Waals surface area contributed by atoms with E-state index in [4.69, 9.17) is 0 Å². The topological polar surface area (TPSA) is 122 Å². The second kappa shape index (κ2) is 6.24. The van der Waals surface area contributed by atoms with E-state index in [-0.39, 0.29) is 6.42 Å². The number of nitro groups is 2. The average Bonchev–Trinajstić information content (AvgIpc) is 2.35. The number of benzene rings is 1. The maximum Gasteiger partial charge on any atom is 0.577 e. The third-order valence-corrected chi connectivity index (χ3v) is 2.35. The summed E-state index contributed by atoms with van der Waals surface area (Å²) in [5.41, 5.74) is -1.94. The van der Waals surface area contributed by atoms with E-state index < -0.39 is 45.1 Å². The summed E-state index contributed by atoms with van der Waals surface area (Å²) in [6.45, 7) is 1.34. The summed E-state index contributed by atoms with van der Waals surface area (Å²) in [5, 5.41) is 21.6. The lowest BCUT2D eigenvalue weighted by molar-refractivity contribution is -0.390. The fourth-order valence-corrected chi connectivity index (χ4v) is 1.57. The van der Waals surface area contributed by atoms with Gasteiger partial charge in [0.25, 0.3) is 5.69 Å². The average molecular weight is 324 g/mol. The van der Waals surface area contributed by atoms with Crippen molar-refractivity contribution >= 4 is 17.5 Å². The molecule has 0 radical (unpaired) electrons. The number of alkyl halides is 3. The molecule has 22 heavy (non-hydrogen) atoms. The molecule has 0 aliphatic heterocycles. The second-order valence-corrected chi connectivity index (χ2v) is 3.68. The minimum Gasteiger partial charge on any atom is -0.387 e. The van der Waals surface area contributed by atoms with E-state index in [0.717, 1.165) is 6.07 Å². The van der Waals surface area contributed by atoms with Crippen molar-refractivity contribution in [3.8, 4) is 5.75 Å². The van der Waals surface area contributed by atoms with Gasteiger partial charge in [0, 0.05) is 12.1 Å². The number of ether oxygens (including phenoxy) is 2. The lowest BCUT2D eigenvalue weighted by Crippen LogP contribution is -2.23. The summed E-state index contributed by atoms with van der Waals surface area (Å²) in [5.74, 6) is -0.962. The number of carbonyl (C=O) groups is 1. The highest BCUT2D eigenvalue weighted by molar-refractivity contribution is 5.70. The highest BCUT2D eigenvalue weighted by Crippen LogP contribution is 2.38. The van der Waals surface area contributed by atoms with Gasteiger partial charge in [0.05, 0.1) is 15.4 Å². The van der Waals surface area contributed by atoms with Crippen LogP contribution in [0.5, 0.6) is 5.75 Å². The summed E-state index contributed by atoms with van der Waals surface area (Å²) in [6.07, 6.45) is -7.85. The molecule has 0 unspecified atom stereocenters. The monoisotopic (exact) mass is 324 g/mol. The molecule has 1 aromatic rings. The lowest BCUT2D eigenvalue weighted by Gasteiger charge is -2.10. The van der Waals surface area contributed by atoms with Crippen molar-refractivity contribution in [2.24, 2.45) is 0 Å². The molecule has 0 spiro atoms. The van der Waals surface area contributed by atoms with Crippen LogP contribution in [0.1, 0.15) is 12.5 Å². The van der Waals surface area contributed by atoms with Crippen LogP contribution in [0.25, 0.3) is 0 Å². The van der Waals surface area contributed by atoms with Crippen LogP contribution in [0.3, 0.4) is 0 Å². The molecule has 0 aliphatic rings. The summed E-state index contributed by atoms with van der Waals surface area (Å²) < 4.78 is 42.8. The maximum absolute atomic E-state index is 11.9. The maximum atomic E-state index is 11.9. The van der Waals surface area contributed by atoms with Gasteiger partial charge in [-0.15, -0.1) is 13.2 Å². The first-order valence-corrected chi connectivity index (χ1v) is 5.49. The van der Waals surface area contributed by atoms with Gasteiger partial charge in [-0.2, -0.15) is 0 Å². The van der Waals surface area contributed by atoms with Crippen LogP contribution in [-0.2, 0) is 11.2 Å². The number of rotatable bonds is 4. The van der Waals surface area contributed by atoms with Crippen molar-refractivity contribution in [1.29, 1.82) is 0 Å². The van der Waals surface area contributed by atoms with E-state index in [0.29, 0.717) is 6.07 Å². The molecule has 1 rings (SSSR count). The molecule has 0 heterocycles. The number of hydrogen-bond acceptors (Lipinski definition) is 7. The third-order valence-electron chi connectivity index (χ3n) is 2.35. The van der Waals surface area contributed by atoms with E-state index >= 15 is 0 Å². The van der Waals surface area contributed by atoms with Gasteiger partial charge in [0.2, 0.25) is 5.75 Å². The van der Waals surface area contributed by atoms with Gasteiger partial charge in [-0.25, -0.2) is 4.79 Å². The molecule has 0 aromatic heterocycles. The lowest BCUT2D eigenvalue weighted by atomic mass is 10.1. The number of nitrogens with zero attached hydrogens (tertiary/aromatic N) is 2. The van der Waals surface area contributed by atoms with E-state index in [1.807, 2.05) is 0 Å². The van der Waals surface area contributed by atoms with Gasteiger partial charge in [-0.05, 0) is 6.42 Å². The second-order valence-electron chi connectivity index (χ2n) is 3.68. The van der Waals surface area contributed by atoms with Crippen molar-refractivity contribution in [2.75, 3.05) is 0 Å². The molecule has 1 aromatic carbocycles. The van der Waals surface area contributed by atoms with E-state index in [9.17, 15) is 38.2 Å². The summed E-state index contributed by atoms with van der Waals surface area (Å²) in [6, 6.07) is 1.44. The smallest absolute Gasteiger partial charge is 0.387 e. The highest BCUT2D eigenvalue weighted by Gasteiger charge is 2.37. The molecular weight excluding hydrogens is 317 g/mol. The summed E-state index contributed by atoms with van der Waals surface area (Å²) in [4.78, 5) is 30.7. The predicted molar refractivity (Wildman–Crippen MR) is 62.3 cm³/mol. The van der Waals surface area contributed by atoms with Gasteiger partial charge in [0.15, 0.2) is 0 Å². The van der Waals surface area contributed by atoms with Crippen LogP contribution in [0, 0.1) is 20.2 Å². The number of halogens is 3. The molecule has 12 heteroatoms. The SMILES string of the molecule is CCc1c([N+](=O)[O-])ccc([N+](=O)[O-])c1OC(=O)OC(F)(F)F. The predicted octanol–water partition coefficient (Wildman–Crippen LogP) is 3.10. The van der Waals surface area contributed by atoms with Gasteiger partial charge < -0.3 is 9.47 Å². The van der Waals surface area contributed by atoms with Crippen molar-refractivity contribution in [3.63, 3.8) is 0 Å². The Labute approximate surface area is 119 Å². The third kappa shape index (κ3) is 4.04. The Morgan fingerprint density at radius 2 is 1.68 bits per heavy atom. The first-order valence-electron chi connectivity index (χ1n) is 5.49. The molecular formula is C10H7F3N2O7. The Morgan fingerprint density at radius 1 is 1.18 bits per heavy atom. The molecule has 0 amide bonds. The Kier molecular flexibility index (Phi) is 4.86. The summed E-state index contributed by atoms with van der Waals surface area (Å²) >= 11 is 0. The molecule has 0 saturated carbocycles. The fraction of sp³-hybridized carbons (Fsp3) is 0.300. The Bertz CT molecular complexity index is 630. The van der Waals surface area contributed by atoms with Gasteiger partial charge >= 0.3 is 18.2 Å². The zero-order chi connectivity index (χ0) is 17.1. The standard InChI is InChI=1S/C10H7F3N2O7/c1-2-5-6(14(17)18)3-4-7(15(19)20)8(5)21-9(16)22-10(11,12)13/h3-4H,2H2,1H3. The first-order chi connectivity index (χ1) is 10.1. The molecule has 0 saturated heterocycles. The molecule has 0 aliphatic carbocycles. The van der Waals surface area contributed by atoms with Gasteiger partial charge in [-0.1, -0.05) is 6.92 Å². The van der Waals surface area contributed by atoms with E-state index in [1.54, 1.807) is 0 Å².